The number of amides is 1. The molecule has 1 amide bonds. The van der Waals surface area contributed by atoms with E-state index in [4.69, 9.17) is 5.11 Å². The first-order valence-corrected chi connectivity index (χ1v) is 6.92. The topological polar surface area (TPSA) is 69.6 Å². The summed E-state index contributed by atoms with van der Waals surface area (Å²) in [6.45, 7) is 2.74. The standard InChI is InChI=1S/C14H22N2O3/c1-16-7-6-10(9-16)8-15-13(17)11-4-2-3-5-12(11)14(18)19/h2-3,10-12H,4-9H2,1H3,(H,15,17)(H,18,19). The number of carbonyl (C=O) groups excluding carboxylic acids is 1. The van der Waals surface area contributed by atoms with Crippen LogP contribution in [0.4, 0.5) is 0 Å². The van der Waals surface area contributed by atoms with E-state index >= 15 is 0 Å². The van der Waals surface area contributed by atoms with Crippen LogP contribution in [0.5, 0.6) is 0 Å². The van der Waals surface area contributed by atoms with Gasteiger partial charge in [-0.2, -0.15) is 0 Å². The molecule has 2 N–H and O–H groups in total. The second-order valence-electron chi connectivity index (χ2n) is 5.66. The molecule has 106 valence electrons. The van der Waals surface area contributed by atoms with Crippen LogP contribution in [0.25, 0.3) is 0 Å². The van der Waals surface area contributed by atoms with E-state index in [1.807, 2.05) is 12.2 Å². The zero-order chi connectivity index (χ0) is 13.8. The van der Waals surface area contributed by atoms with Crippen LogP contribution in [0.1, 0.15) is 19.3 Å². The van der Waals surface area contributed by atoms with Gasteiger partial charge in [0.1, 0.15) is 0 Å². The lowest BCUT2D eigenvalue weighted by atomic mass is 9.82. The van der Waals surface area contributed by atoms with Crippen molar-refractivity contribution in [2.45, 2.75) is 19.3 Å². The third kappa shape index (κ3) is 3.56. The van der Waals surface area contributed by atoms with E-state index in [0.717, 1.165) is 19.5 Å². The number of carboxylic acids is 1. The van der Waals surface area contributed by atoms with Crippen molar-refractivity contribution < 1.29 is 14.7 Å². The molecular weight excluding hydrogens is 244 g/mol. The van der Waals surface area contributed by atoms with E-state index in [1.54, 1.807) is 0 Å². The van der Waals surface area contributed by atoms with Gasteiger partial charge in [0.25, 0.3) is 0 Å². The Morgan fingerprint density at radius 2 is 2.00 bits per heavy atom. The van der Waals surface area contributed by atoms with Gasteiger partial charge in [0.05, 0.1) is 11.8 Å². The van der Waals surface area contributed by atoms with Gasteiger partial charge in [-0.3, -0.25) is 9.59 Å². The van der Waals surface area contributed by atoms with Crippen molar-refractivity contribution in [3.63, 3.8) is 0 Å². The molecule has 0 aromatic heterocycles. The van der Waals surface area contributed by atoms with E-state index in [2.05, 4.69) is 17.3 Å². The molecule has 2 rings (SSSR count). The number of rotatable bonds is 4. The number of likely N-dealkylation sites (tertiary alicyclic amines) is 1. The molecule has 5 nitrogen and oxygen atoms in total. The molecule has 1 heterocycles. The molecule has 1 saturated heterocycles. The molecule has 2 aliphatic rings. The van der Waals surface area contributed by atoms with Crippen molar-refractivity contribution in [1.82, 2.24) is 10.2 Å². The van der Waals surface area contributed by atoms with Crippen LogP contribution in [0.3, 0.4) is 0 Å². The van der Waals surface area contributed by atoms with Gasteiger partial charge in [0.2, 0.25) is 5.91 Å². The summed E-state index contributed by atoms with van der Waals surface area (Å²) in [6.07, 6.45) is 5.86. The third-order valence-corrected chi connectivity index (χ3v) is 4.14. The highest BCUT2D eigenvalue weighted by molar-refractivity contribution is 5.85. The average Bonchev–Trinajstić information content (AvgIpc) is 2.81. The van der Waals surface area contributed by atoms with Crippen LogP contribution >= 0.6 is 0 Å². The highest BCUT2D eigenvalue weighted by Crippen LogP contribution is 2.26. The molecule has 1 fully saturated rings. The van der Waals surface area contributed by atoms with Crippen molar-refractivity contribution in [1.29, 1.82) is 0 Å². The fraction of sp³-hybridized carbons (Fsp3) is 0.714. The Bertz CT molecular complexity index is 381. The van der Waals surface area contributed by atoms with Crippen molar-refractivity contribution in [3.05, 3.63) is 12.2 Å². The van der Waals surface area contributed by atoms with Gasteiger partial charge in [-0.1, -0.05) is 12.2 Å². The van der Waals surface area contributed by atoms with Crippen LogP contribution < -0.4 is 5.32 Å². The Morgan fingerprint density at radius 1 is 1.32 bits per heavy atom. The fourth-order valence-corrected chi connectivity index (χ4v) is 2.95. The molecule has 1 aliphatic carbocycles. The number of carboxylic acid groups (broad SMARTS) is 1. The Hall–Kier alpha value is -1.36. The minimum absolute atomic E-state index is 0.105. The summed E-state index contributed by atoms with van der Waals surface area (Å²) in [7, 11) is 2.08. The number of allylic oxidation sites excluding steroid dienone is 2. The van der Waals surface area contributed by atoms with Gasteiger partial charge in [0, 0.05) is 13.1 Å². The maximum Gasteiger partial charge on any atom is 0.307 e. The molecule has 0 spiro atoms. The predicted octanol–water partition coefficient (Wildman–Crippen LogP) is 0.721. The Morgan fingerprint density at radius 3 is 2.58 bits per heavy atom. The zero-order valence-electron chi connectivity index (χ0n) is 11.3. The van der Waals surface area contributed by atoms with E-state index in [1.165, 1.54) is 0 Å². The summed E-state index contributed by atoms with van der Waals surface area (Å²) >= 11 is 0. The minimum atomic E-state index is -0.870. The molecule has 5 heteroatoms. The smallest absolute Gasteiger partial charge is 0.307 e. The number of hydrogen-bond donors (Lipinski definition) is 2. The molecule has 0 aromatic rings. The largest absolute Gasteiger partial charge is 0.481 e. The summed E-state index contributed by atoms with van der Waals surface area (Å²) in [4.78, 5) is 25.5. The summed E-state index contributed by atoms with van der Waals surface area (Å²) in [5, 5.41) is 12.1. The molecule has 1 aliphatic heterocycles. The van der Waals surface area contributed by atoms with Gasteiger partial charge >= 0.3 is 5.97 Å². The number of nitrogens with one attached hydrogen (secondary N) is 1. The van der Waals surface area contributed by atoms with Crippen LogP contribution in [-0.2, 0) is 9.59 Å². The van der Waals surface area contributed by atoms with Crippen molar-refractivity contribution in [3.8, 4) is 0 Å². The lowest BCUT2D eigenvalue weighted by molar-refractivity contribution is -0.147. The lowest BCUT2D eigenvalue weighted by Crippen LogP contribution is -2.40. The molecule has 3 unspecified atom stereocenters. The summed E-state index contributed by atoms with van der Waals surface area (Å²) in [5.41, 5.74) is 0. The highest BCUT2D eigenvalue weighted by atomic mass is 16.4. The SMILES string of the molecule is CN1CCC(CNC(=O)C2CC=CCC2C(=O)O)C1. The Balaban J connectivity index is 1.84. The van der Waals surface area contributed by atoms with Gasteiger partial charge in [-0.15, -0.1) is 0 Å². The summed E-state index contributed by atoms with van der Waals surface area (Å²) in [6, 6.07) is 0. The van der Waals surface area contributed by atoms with Crippen LogP contribution in [0.2, 0.25) is 0 Å². The molecule has 0 bridgehead atoms. The number of nitrogens with zero attached hydrogens (tertiary/aromatic N) is 1. The quantitative estimate of drug-likeness (QED) is 0.736. The normalized spacial score (nSPS) is 31.3. The monoisotopic (exact) mass is 266 g/mol. The third-order valence-electron chi connectivity index (χ3n) is 4.14. The van der Waals surface area contributed by atoms with Crippen LogP contribution in [0.15, 0.2) is 12.2 Å². The fourth-order valence-electron chi connectivity index (χ4n) is 2.95. The number of aliphatic carboxylic acids is 1. The molecule has 0 aromatic carbocycles. The molecule has 3 atom stereocenters. The first-order chi connectivity index (χ1) is 9.08. The first kappa shape index (κ1) is 14.1. The second-order valence-corrected chi connectivity index (χ2v) is 5.66. The van der Waals surface area contributed by atoms with Gasteiger partial charge < -0.3 is 15.3 Å². The summed E-state index contributed by atoms with van der Waals surface area (Å²) < 4.78 is 0. The molecule has 0 saturated carbocycles. The zero-order valence-corrected chi connectivity index (χ0v) is 11.3. The van der Waals surface area contributed by atoms with Gasteiger partial charge in [-0.25, -0.2) is 0 Å². The molecule has 0 radical (unpaired) electrons. The van der Waals surface area contributed by atoms with Gasteiger partial charge in [0.15, 0.2) is 0 Å². The van der Waals surface area contributed by atoms with Crippen molar-refractivity contribution in [2.24, 2.45) is 17.8 Å². The Kier molecular flexibility index (Phi) is 4.58. The maximum absolute atomic E-state index is 12.1. The maximum atomic E-state index is 12.1. The van der Waals surface area contributed by atoms with Gasteiger partial charge in [-0.05, 0) is 38.8 Å². The van der Waals surface area contributed by atoms with E-state index in [9.17, 15) is 9.59 Å². The average molecular weight is 266 g/mol. The molecule has 19 heavy (non-hydrogen) atoms. The number of hydrogen-bond acceptors (Lipinski definition) is 3. The highest BCUT2D eigenvalue weighted by Gasteiger charge is 2.34. The Labute approximate surface area is 113 Å². The lowest BCUT2D eigenvalue weighted by Gasteiger charge is -2.24. The van der Waals surface area contributed by atoms with E-state index in [0.29, 0.717) is 25.3 Å². The first-order valence-electron chi connectivity index (χ1n) is 6.92. The number of carbonyl (C=O) groups is 2. The molecular formula is C14H22N2O3. The van der Waals surface area contributed by atoms with E-state index in [-0.39, 0.29) is 5.91 Å². The predicted molar refractivity (Wildman–Crippen MR) is 71.6 cm³/mol. The van der Waals surface area contributed by atoms with E-state index < -0.39 is 17.8 Å². The minimum Gasteiger partial charge on any atom is -0.481 e. The second kappa shape index (κ2) is 6.19. The van der Waals surface area contributed by atoms with Crippen LogP contribution in [-0.4, -0.2) is 48.6 Å². The summed E-state index contributed by atoms with van der Waals surface area (Å²) in [5.74, 6) is -1.47. The van der Waals surface area contributed by atoms with Crippen molar-refractivity contribution >= 4 is 11.9 Å². The van der Waals surface area contributed by atoms with Crippen LogP contribution in [0, 0.1) is 17.8 Å². The van der Waals surface area contributed by atoms with Crippen molar-refractivity contribution in [2.75, 3.05) is 26.7 Å².